The number of halogens is 3. The predicted octanol–water partition coefficient (Wildman–Crippen LogP) is 3.99. The summed E-state index contributed by atoms with van der Waals surface area (Å²) in [6, 6.07) is 8.04. The molecule has 8 nitrogen and oxygen atoms in total. The van der Waals surface area contributed by atoms with Crippen LogP contribution in [-0.4, -0.2) is 22.4 Å². The number of fused-ring (bicyclic) bond motifs is 1. The van der Waals surface area contributed by atoms with E-state index >= 15 is 0 Å². The van der Waals surface area contributed by atoms with Gasteiger partial charge in [0.15, 0.2) is 0 Å². The summed E-state index contributed by atoms with van der Waals surface area (Å²) in [6.07, 6.45) is -2.98. The van der Waals surface area contributed by atoms with Crippen LogP contribution in [0.15, 0.2) is 51.3 Å². The highest BCUT2D eigenvalue weighted by molar-refractivity contribution is 7.21. The first-order valence-electron chi connectivity index (χ1n) is 9.42. The molecule has 0 atom stereocenters. The van der Waals surface area contributed by atoms with Gasteiger partial charge in [-0.05, 0) is 54.1 Å². The molecule has 33 heavy (non-hydrogen) atoms. The number of nitrogens with two attached hydrogens (primary N) is 1. The molecule has 1 aromatic carbocycles. The van der Waals surface area contributed by atoms with E-state index in [9.17, 15) is 22.8 Å². The summed E-state index contributed by atoms with van der Waals surface area (Å²) in [4.78, 5) is 30.7. The third-order valence-corrected chi connectivity index (χ3v) is 5.56. The molecule has 4 rings (SSSR count). The minimum atomic E-state index is -4.85. The first-order chi connectivity index (χ1) is 15.5. The summed E-state index contributed by atoms with van der Waals surface area (Å²) in [7, 11) is 0. The highest BCUT2D eigenvalue weighted by atomic mass is 32.1. The molecule has 0 amide bonds. The lowest BCUT2D eigenvalue weighted by Crippen LogP contribution is -2.41. The third-order valence-electron chi connectivity index (χ3n) is 4.45. The van der Waals surface area contributed by atoms with E-state index in [4.69, 9.17) is 10.3 Å². The normalized spacial score (nSPS) is 11.5. The lowest BCUT2D eigenvalue weighted by atomic mass is 10.1. The van der Waals surface area contributed by atoms with Crippen molar-refractivity contribution in [2.45, 2.75) is 20.2 Å². The molecule has 0 saturated heterocycles. The number of alkyl halides is 3. The molecule has 3 aromatic heterocycles. The monoisotopic (exact) mass is 477 g/mol. The number of benzene rings is 1. The van der Waals surface area contributed by atoms with Crippen LogP contribution in [-0.2, 0) is 0 Å². The fraction of sp³-hybridized carbons (Fsp3) is 0.143. The van der Waals surface area contributed by atoms with Crippen LogP contribution in [0.5, 0.6) is 5.75 Å². The van der Waals surface area contributed by atoms with Crippen LogP contribution < -0.4 is 20.8 Å². The molecule has 12 heteroatoms. The Kier molecular flexibility index (Phi) is 5.54. The summed E-state index contributed by atoms with van der Waals surface area (Å²) in [6.45, 7) is 3.85. The Hall–Kier alpha value is -3.93. The fourth-order valence-corrected chi connectivity index (χ4v) is 4.15. The molecule has 0 aliphatic rings. The molecule has 3 heterocycles. The number of hydrogen-bond acceptors (Lipinski definition) is 7. The number of anilines is 1. The van der Waals surface area contributed by atoms with E-state index in [1.807, 2.05) is 19.9 Å². The number of allylic oxidation sites excluding steroid dienone is 1. The standard InChI is InChI=1S/C21H15F3N4O4S/c1-10(2)9-11-3-8-14-15(25)18(33-19(14)26-11)17(29)16-20(30)32-27-28(16)12-4-6-13(7-5-12)31-21(22,23)24/h3-9H,1-2H3,(H2-,25,27,29,30)/p+1. The van der Waals surface area contributed by atoms with Crippen molar-refractivity contribution in [1.29, 1.82) is 0 Å². The zero-order chi connectivity index (χ0) is 23.9. The summed E-state index contributed by atoms with van der Waals surface area (Å²) < 4.78 is 46.8. The predicted molar refractivity (Wildman–Crippen MR) is 114 cm³/mol. The number of ether oxygens (including phenoxy) is 1. The van der Waals surface area contributed by atoms with Crippen LogP contribution in [0.4, 0.5) is 18.9 Å². The molecule has 170 valence electrons. The van der Waals surface area contributed by atoms with Crippen molar-refractivity contribution in [2.75, 3.05) is 5.73 Å². The van der Waals surface area contributed by atoms with Crippen molar-refractivity contribution in [2.24, 2.45) is 0 Å². The average Bonchev–Trinajstić information content (AvgIpc) is 3.26. The van der Waals surface area contributed by atoms with Gasteiger partial charge in [-0.3, -0.25) is 9.32 Å². The van der Waals surface area contributed by atoms with Gasteiger partial charge in [-0.25, -0.2) is 9.78 Å². The number of carbonyl (C=O) groups excluding carboxylic acids is 1. The van der Waals surface area contributed by atoms with Crippen molar-refractivity contribution in [1.82, 2.24) is 10.3 Å². The number of carbonyl (C=O) groups is 1. The van der Waals surface area contributed by atoms with Crippen LogP contribution >= 0.6 is 11.3 Å². The van der Waals surface area contributed by atoms with Gasteiger partial charge >= 0.3 is 17.7 Å². The number of aromatic nitrogens is 3. The van der Waals surface area contributed by atoms with E-state index in [1.165, 1.54) is 12.1 Å². The first-order valence-corrected chi connectivity index (χ1v) is 10.2. The molecular weight excluding hydrogens is 461 g/mol. The SMILES string of the molecule is CC(C)=Cc1ccc2c(N)c(C(=O)c3c(=O)o[nH][n+]3-c3ccc(OC(F)(F)F)cc3)sc2n1. The topological polar surface area (TPSA) is 115 Å². The molecule has 0 saturated carbocycles. The minimum Gasteiger partial charge on any atom is -0.406 e. The molecule has 0 radical (unpaired) electrons. The van der Waals surface area contributed by atoms with Crippen LogP contribution in [0.1, 0.15) is 34.9 Å². The largest absolute Gasteiger partial charge is 0.573 e. The van der Waals surface area contributed by atoms with Crippen LogP contribution in [0.3, 0.4) is 0 Å². The molecular formula is C21H16F3N4O4S+. The van der Waals surface area contributed by atoms with E-state index in [1.54, 1.807) is 12.1 Å². The van der Waals surface area contributed by atoms with Crippen LogP contribution in [0, 0.1) is 0 Å². The number of nitrogens with zero attached hydrogens (tertiary/aromatic N) is 2. The summed E-state index contributed by atoms with van der Waals surface area (Å²) in [5.41, 5.74) is 6.88. The average molecular weight is 477 g/mol. The van der Waals surface area contributed by atoms with E-state index in [0.29, 0.717) is 15.9 Å². The molecule has 0 spiro atoms. The highest BCUT2D eigenvalue weighted by Gasteiger charge is 2.35. The van der Waals surface area contributed by atoms with Gasteiger partial charge in [0.25, 0.3) is 5.78 Å². The first kappa shape index (κ1) is 22.3. The lowest BCUT2D eigenvalue weighted by molar-refractivity contribution is -0.672. The number of rotatable bonds is 5. The summed E-state index contributed by atoms with van der Waals surface area (Å²) >= 11 is 1.03. The third kappa shape index (κ3) is 4.51. The van der Waals surface area contributed by atoms with E-state index < -0.39 is 29.2 Å². The van der Waals surface area contributed by atoms with Gasteiger partial charge < -0.3 is 10.5 Å². The molecule has 0 unspecified atom stereocenters. The maximum absolute atomic E-state index is 13.2. The number of ketones is 1. The lowest BCUT2D eigenvalue weighted by Gasteiger charge is -2.07. The van der Waals surface area contributed by atoms with Crippen molar-refractivity contribution >= 4 is 39.1 Å². The van der Waals surface area contributed by atoms with Gasteiger partial charge in [-0.15, -0.1) is 24.5 Å². The number of thiophene rings is 1. The Balaban J connectivity index is 1.74. The Labute approximate surface area is 187 Å². The van der Waals surface area contributed by atoms with Crippen molar-refractivity contribution in [3.8, 4) is 11.4 Å². The molecule has 4 aromatic rings. The van der Waals surface area contributed by atoms with E-state index in [-0.39, 0.29) is 16.3 Å². The molecule has 0 bridgehead atoms. The van der Waals surface area contributed by atoms with E-state index in [2.05, 4.69) is 15.0 Å². The van der Waals surface area contributed by atoms with Gasteiger partial charge in [-0.1, -0.05) is 5.57 Å². The maximum atomic E-state index is 13.2. The zero-order valence-corrected chi connectivity index (χ0v) is 18.0. The number of hydrogen-bond donors (Lipinski definition) is 2. The fourth-order valence-electron chi connectivity index (χ4n) is 3.11. The van der Waals surface area contributed by atoms with Crippen molar-refractivity contribution in [3.63, 3.8) is 0 Å². The van der Waals surface area contributed by atoms with Gasteiger partial charge in [0.2, 0.25) is 5.69 Å². The number of nitrogens with one attached hydrogen (secondary N) is 1. The van der Waals surface area contributed by atoms with Gasteiger partial charge in [0.1, 0.15) is 15.5 Å². The van der Waals surface area contributed by atoms with Crippen molar-refractivity contribution in [3.05, 3.63) is 68.7 Å². The number of pyridine rings is 1. The summed E-state index contributed by atoms with van der Waals surface area (Å²) in [5, 5.41) is 2.84. The highest BCUT2D eigenvalue weighted by Crippen LogP contribution is 2.34. The van der Waals surface area contributed by atoms with Crippen LogP contribution in [0.25, 0.3) is 22.0 Å². The minimum absolute atomic E-state index is 0.0875. The molecule has 0 aliphatic carbocycles. The maximum Gasteiger partial charge on any atom is 0.573 e. The van der Waals surface area contributed by atoms with Crippen LogP contribution in [0.2, 0.25) is 0 Å². The quantitative estimate of drug-likeness (QED) is 0.332. The van der Waals surface area contributed by atoms with Gasteiger partial charge in [-0.2, -0.15) is 0 Å². The molecule has 0 aliphatic heterocycles. The second-order valence-electron chi connectivity index (χ2n) is 7.19. The Bertz CT molecular complexity index is 1450. The Morgan fingerprint density at radius 2 is 1.91 bits per heavy atom. The summed E-state index contributed by atoms with van der Waals surface area (Å²) in [5.74, 6) is -1.18. The second kappa shape index (κ2) is 8.20. The smallest absolute Gasteiger partial charge is 0.406 e. The van der Waals surface area contributed by atoms with E-state index in [0.717, 1.165) is 33.7 Å². The second-order valence-corrected chi connectivity index (χ2v) is 8.19. The number of nitrogen functional groups attached to an aromatic ring is 1. The number of H-pyrrole nitrogens is 1. The Morgan fingerprint density at radius 3 is 2.55 bits per heavy atom. The zero-order valence-electron chi connectivity index (χ0n) is 17.2. The van der Waals surface area contributed by atoms with Gasteiger partial charge in [0.05, 0.1) is 11.4 Å². The Morgan fingerprint density at radius 1 is 1.21 bits per heavy atom. The number of aromatic amines is 1. The molecule has 3 N–H and O–H groups in total. The molecule has 0 fully saturated rings. The van der Waals surface area contributed by atoms with Gasteiger partial charge in [0, 0.05) is 17.5 Å². The van der Waals surface area contributed by atoms with Crippen molar-refractivity contribution < 1.29 is 31.9 Å².